The summed E-state index contributed by atoms with van der Waals surface area (Å²) in [5, 5.41) is 9.30. The largest absolute Gasteiger partial charge is 0.480 e. The maximum Gasteiger partial charge on any atom is 0.326 e. The first-order valence-electron chi connectivity index (χ1n) is 8.59. The summed E-state index contributed by atoms with van der Waals surface area (Å²) in [4.78, 5) is 39.9. The molecule has 0 aromatic heterocycles. The molecule has 2 amide bonds. The quantitative estimate of drug-likeness (QED) is 0.868. The fourth-order valence-electron chi connectivity index (χ4n) is 4.12. The number of carbonyl (C=O) groups excluding carboxylic acids is 2. The van der Waals surface area contributed by atoms with Crippen molar-refractivity contribution in [3.05, 3.63) is 35.9 Å². The van der Waals surface area contributed by atoms with E-state index in [4.69, 9.17) is 4.74 Å². The predicted octanol–water partition coefficient (Wildman–Crippen LogP) is 1.09. The second kappa shape index (κ2) is 5.84. The van der Waals surface area contributed by atoms with Gasteiger partial charge in [0.25, 0.3) is 11.8 Å². The first kappa shape index (κ1) is 16.1. The van der Waals surface area contributed by atoms with Crippen LogP contribution in [-0.4, -0.2) is 63.7 Å². The summed E-state index contributed by atoms with van der Waals surface area (Å²) >= 11 is 0. The van der Waals surface area contributed by atoms with Crippen molar-refractivity contribution in [2.45, 2.75) is 43.6 Å². The number of benzene rings is 1. The molecule has 25 heavy (non-hydrogen) atoms. The maximum absolute atomic E-state index is 12.9. The Kier molecular flexibility index (Phi) is 3.76. The van der Waals surface area contributed by atoms with E-state index >= 15 is 0 Å². The maximum atomic E-state index is 12.9. The molecule has 7 heteroatoms. The van der Waals surface area contributed by atoms with Crippen LogP contribution >= 0.6 is 0 Å². The molecule has 3 fully saturated rings. The number of amides is 2. The van der Waals surface area contributed by atoms with Crippen molar-refractivity contribution < 1.29 is 24.2 Å². The lowest BCUT2D eigenvalue weighted by Gasteiger charge is -2.37. The summed E-state index contributed by atoms with van der Waals surface area (Å²) < 4.78 is 6.02. The van der Waals surface area contributed by atoms with E-state index in [9.17, 15) is 19.5 Å². The molecule has 0 radical (unpaired) electrons. The lowest BCUT2D eigenvalue weighted by molar-refractivity contribution is -0.149. The minimum atomic E-state index is -0.979. The summed E-state index contributed by atoms with van der Waals surface area (Å²) in [6.45, 7) is 0.857. The summed E-state index contributed by atoms with van der Waals surface area (Å²) in [5.41, 5.74) is -0.338. The summed E-state index contributed by atoms with van der Waals surface area (Å²) in [5.74, 6) is -1.26. The van der Waals surface area contributed by atoms with Gasteiger partial charge in [0, 0.05) is 31.5 Å². The highest BCUT2D eigenvalue weighted by Gasteiger charge is 2.59. The highest BCUT2D eigenvalue weighted by molar-refractivity contribution is 5.95. The zero-order valence-electron chi connectivity index (χ0n) is 13.8. The van der Waals surface area contributed by atoms with Crippen molar-refractivity contribution in [3.8, 4) is 0 Å². The molecule has 7 nitrogen and oxygen atoms in total. The van der Waals surface area contributed by atoms with Gasteiger partial charge in [-0.15, -0.1) is 0 Å². The molecule has 0 saturated carbocycles. The fourth-order valence-corrected chi connectivity index (χ4v) is 4.12. The lowest BCUT2D eigenvalue weighted by Crippen LogP contribution is -2.53. The van der Waals surface area contributed by atoms with E-state index < -0.39 is 23.8 Å². The van der Waals surface area contributed by atoms with E-state index in [1.54, 1.807) is 17.0 Å². The molecule has 1 unspecified atom stereocenters. The third kappa shape index (κ3) is 2.50. The Bertz CT molecular complexity index is 711. The number of rotatable bonds is 2. The molecule has 1 aromatic rings. The number of ether oxygens (including phenoxy) is 1. The van der Waals surface area contributed by atoms with Crippen molar-refractivity contribution in [3.63, 3.8) is 0 Å². The molecule has 3 heterocycles. The summed E-state index contributed by atoms with van der Waals surface area (Å²) in [6, 6.07) is 8.26. The van der Waals surface area contributed by atoms with Crippen LogP contribution in [0.25, 0.3) is 0 Å². The van der Waals surface area contributed by atoms with E-state index in [-0.39, 0.29) is 11.8 Å². The van der Waals surface area contributed by atoms with Crippen LogP contribution in [0, 0.1) is 0 Å². The van der Waals surface area contributed by atoms with Crippen molar-refractivity contribution in [2.75, 3.05) is 13.1 Å². The Morgan fingerprint density at radius 3 is 2.44 bits per heavy atom. The van der Waals surface area contributed by atoms with Gasteiger partial charge in [-0.1, -0.05) is 18.2 Å². The third-order valence-corrected chi connectivity index (χ3v) is 5.48. The molecular formula is C18H20N2O5. The predicted molar refractivity (Wildman–Crippen MR) is 86.7 cm³/mol. The van der Waals surface area contributed by atoms with Gasteiger partial charge in [-0.25, -0.2) is 4.79 Å². The number of nitrogens with zero attached hydrogens (tertiary/aromatic N) is 2. The van der Waals surface area contributed by atoms with Crippen molar-refractivity contribution in [1.82, 2.24) is 9.80 Å². The average molecular weight is 344 g/mol. The summed E-state index contributed by atoms with van der Waals surface area (Å²) in [7, 11) is 0. The average Bonchev–Trinajstić information content (AvgIpc) is 3.15. The highest BCUT2D eigenvalue weighted by Crippen LogP contribution is 2.42. The molecule has 3 saturated heterocycles. The number of carboxylic acid groups (broad SMARTS) is 1. The second-order valence-corrected chi connectivity index (χ2v) is 6.87. The van der Waals surface area contributed by atoms with Crippen LogP contribution in [0.15, 0.2) is 30.3 Å². The van der Waals surface area contributed by atoms with Crippen LogP contribution in [-0.2, 0) is 14.3 Å². The Morgan fingerprint density at radius 2 is 1.80 bits per heavy atom. The topological polar surface area (TPSA) is 87.1 Å². The van der Waals surface area contributed by atoms with Crippen LogP contribution in [0.1, 0.15) is 36.0 Å². The lowest BCUT2D eigenvalue weighted by atomic mass is 9.89. The Labute approximate surface area is 145 Å². The molecule has 0 aliphatic carbocycles. The molecule has 3 aliphatic rings. The monoisotopic (exact) mass is 344 g/mol. The Hall–Kier alpha value is -2.41. The van der Waals surface area contributed by atoms with E-state index in [0.29, 0.717) is 44.3 Å². The molecule has 1 aromatic carbocycles. The number of fused-ring (bicyclic) bond motifs is 1. The van der Waals surface area contributed by atoms with Gasteiger partial charge in [0.2, 0.25) is 0 Å². The molecular weight excluding hydrogens is 324 g/mol. The van der Waals surface area contributed by atoms with Crippen molar-refractivity contribution in [2.24, 2.45) is 0 Å². The fraction of sp³-hybridized carbons (Fsp3) is 0.500. The van der Waals surface area contributed by atoms with Gasteiger partial charge >= 0.3 is 5.97 Å². The van der Waals surface area contributed by atoms with Crippen LogP contribution in [0.3, 0.4) is 0 Å². The van der Waals surface area contributed by atoms with Gasteiger partial charge in [-0.2, -0.15) is 0 Å². The normalized spacial score (nSPS) is 27.6. The highest BCUT2D eigenvalue weighted by atomic mass is 16.6. The zero-order valence-corrected chi connectivity index (χ0v) is 13.8. The van der Waals surface area contributed by atoms with E-state index in [2.05, 4.69) is 0 Å². The number of piperidine rings is 1. The SMILES string of the molecule is O=C(O)[C@@H]1CCC2OC3(CCN(C(=O)c4ccccc4)CC3)C(=O)N21. The van der Waals surface area contributed by atoms with Crippen LogP contribution < -0.4 is 0 Å². The minimum Gasteiger partial charge on any atom is -0.480 e. The van der Waals surface area contributed by atoms with Crippen LogP contribution in [0.2, 0.25) is 0 Å². The Balaban J connectivity index is 1.46. The molecule has 1 N–H and O–H groups in total. The standard InChI is InChI=1S/C18H20N2O5/c21-15(12-4-2-1-3-5-12)19-10-8-18(9-11-19)17(24)20-13(16(22)23)6-7-14(20)25-18/h1-5,13-14H,6-11H2,(H,22,23)/t13-,14?/m0/s1. The summed E-state index contributed by atoms with van der Waals surface area (Å²) in [6.07, 6.45) is 1.36. The van der Waals surface area contributed by atoms with Gasteiger partial charge in [-0.3, -0.25) is 9.59 Å². The van der Waals surface area contributed by atoms with E-state index in [0.717, 1.165) is 0 Å². The molecule has 3 aliphatic heterocycles. The molecule has 2 atom stereocenters. The molecule has 1 spiro atoms. The Morgan fingerprint density at radius 1 is 1.12 bits per heavy atom. The van der Waals surface area contributed by atoms with Crippen molar-refractivity contribution in [1.29, 1.82) is 0 Å². The van der Waals surface area contributed by atoms with E-state index in [1.807, 2.05) is 18.2 Å². The van der Waals surface area contributed by atoms with E-state index in [1.165, 1.54) is 4.90 Å². The number of carbonyl (C=O) groups is 3. The third-order valence-electron chi connectivity index (χ3n) is 5.48. The van der Waals surface area contributed by atoms with Gasteiger partial charge < -0.3 is 19.6 Å². The number of aliphatic carboxylic acids is 1. The second-order valence-electron chi connectivity index (χ2n) is 6.87. The van der Waals surface area contributed by atoms with Gasteiger partial charge in [0.05, 0.1) is 0 Å². The number of hydrogen-bond donors (Lipinski definition) is 1. The molecule has 4 rings (SSSR count). The molecule has 0 bridgehead atoms. The van der Waals surface area contributed by atoms with Gasteiger partial charge in [0.15, 0.2) is 5.60 Å². The number of carboxylic acids is 1. The molecule has 132 valence electrons. The van der Waals surface area contributed by atoms with Gasteiger partial charge in [0.1, 0.15) is 12.3 Å². The van der Waals surface area contributed by atoms with Crippen molar-refractivity contribution >= 4 is 17.8 Å². The smallest absolute Gasteiger partial charge is 0.326 e. The van der Waals surface area contributed by atoms with Crippen LogP contribution in [0.5, 0.6) is 0 Å². The first-order valence-corrected chi connectivity index (χ1v) is 8.59. The number of hydrogen-bond acceptors (Lipinski definition) is 4. The zero-order chi connectivity index (χ0) is 17.6. The number of likely N-dealkylation sites (tertiary alicyclic amines) is 1. The minimum absolute atomic E-state index is 0.0511. The van der Waals surface area contributed by atoms with Gasteiger partial charge in [-0.05, 0) is 25.0 Å². The first-order chi connectivity index (χ1) is 12.0. The van der Waals surface area contributed by atoms with Crippen LogP contribution in [0.4, 0.5) is 0 Å².